The van der Waals surface area contributed by atoms with Crippen molar-refractivity contribution in [2.75, 3.05) is 12.4 Å². The molecule has 0 aliphatic carbocycles. The van der Waals surface area contributed by atoms with Crippen molar-refractivity contribution < 1.29 is 18.8 Å². The van der Waals surface area contributed by atoms with Crippen LogP contribution < -0.4 is 10.1 Å². The molecule has 4 aromatic rings. The number of nitrogens with zero attached hydrogens (tertiary/aromatic N) is 2. The minimum atomic E-state index is -0.243. The summed E-state index contributed by atoms with van der Waals surface area (Å²) in [5.41, 5.74) is 0.502. The van der Waals surface area contributed by atoms with E-state index in [9.17, 15) is 4.79 Å². The molecule has 0 saturated carbocycles. The summed E-state index contributed by atoms with van der Waals surface area (Å²) in [6, 6.07) is 14.8. The third kappa shape index (κ3) is 4.65. The van der Waals surface area contributed by atoms with E-state index in [4.69, 9.17) is 9.07 Å². The van der Waals surface area contributed by atoms with Crippen molar-refractivity contribution in [3.05, 3.63) is 65.2 Å². The van der Waals surface area contributed by atoms with Crippen molar-refractivity contribution in [3.8, 4) is 11.5 Å². The molecule has 0 atom stereocenters. The predicted molar refractivity (Wildman–Crippen MR) is 118 cm³/mol. The van der Waals surface area contributed by atoms with E-state index in [1.165, 1.54) is 7.11 Å². The lowest BCUT2D eigenvalue weighted by atomic mass is 10.1. The zero-order valence-corrected chi connectivity index (χ0v) is 18.2. The van der Waals surface area contributed by atoms with E-state index >= 15 is 0 Å². The largest absolute Gasteiger partial charge is 0.456 e. The van der Waals surface area contributed by atoms with Gasteiger partial charge in [0.15, 0.2) is 5.82 Å². The van der Waals surface area contributed by atoms with Gasteiger partial charge in [-0.2, -0.15) is 9.43 Å². The highest BCUT2D eigenvalue weighted by Crippen LogP contribution is 2.37. The van der Waals surface area contributed by atoms with Crippen LogP contribution in [0.5, 0.6) is 11.5 Å². The molecule has 0 unspecified atom stereocenters. The van der Waals surface area contributed by atoms with Gasteiger partial charge in [-0.05, 0) is 54.8 Å². The molecule has 2 aromatic carbocycles. The molecule has 0 radical (unpaired) electrons. The minimum Gasteiger partial charge on any atom is -0.456 e. The van der Waals surface area contributed by atoms with Crippen LogP contribution >= 0.6 is 23.4 Å². The number of ether oxygens (including phenoxy) is 1. The topological polar surface area (TPSA) is 74.6 Å². The first kappa shape index (κ1) is 20.4. The number of carbonyl (C=O) groups excluding carboxylic acids is 1. The Morgan fingerprint density at radius 2 is 1.97 bits per heavy atom. The van der Waals surface area contributed by atoms with E-state index < -0.39 is 0 Å². The normalized spacial score (nSPS) is 11.0. The Kier molecular flexibility index (Phi) is 6.05. The number of benzene rings is 2. The smallest absolute Gasteiger partial charge is 0.257 e. The molecule has 7 nitrogen and oxygen atoms in total. The van der Waals surface area contributed by atoms with Crippen LogP contribution in [0.3, 0.4) is 0 Å². The number of amides is 1. The van der Waals surface area contributed by atoms with Crippen LogP contribution in [-0.4, -0.2) is 22.8 Å². The zero-order valence-electron chi connectivity index (χ0n) is 16.5. The second-order valence-electron chi connectivity index (χ2n) is 6.47. The maximum Gasteiger partial charge on any atom is 0.257 e. The van der Waals surface area contributed by atoms with Crippen LogP contribution in [0, 0.1) is 6.92 Å². The molecular formula is C21H19N3O4S2. The van der Waals surface area contributed by atoms with Crippen LogP contribution in [0.1, 0.15) is 15.2 Å². The first-order valence-corrected chi connectivity index (χ1v) is 10.6. The van der Waals surface area contributed by atoms with Crippen molar-refractivity contribution in [3.63, 3.8) is 0 Å². The summed E-state index contributed by atoms with van der Waals surface area (Å²) in [5, 5.41) is 7.97. The van der Waals surface area contributed by atoms with Gasteiger partial charge in [0, 0.05) is 34.6 Å². The van der Waals surface area contributed by atoms with Gasteiger partial charge in [-0.3, -0.25) is 9.48 Å². The molecule has 0 bridgehead atoms. The van der Waals surface area contributed by atoms with Crippen LogP contribution in [-0.2, 0) is 16.3 Å². The summed E-state index contributed by atoms with van der Waals surface area (Å²) in [6.45, 7) is 2.03. The molecule has 1 amide bonds. The average molecular weight is 442 g/mol. The van der Waals surface area contributed by atoms with Gasteiger partial charge in [0.05, 0.1) is 23.9 Å². The second kappa shape index (κ2) is 8.88. The number of thiophene rings is 1. The Hall–Kier alpha value is -2.85. The summed E-state index contributed by atoms with van der Waals surface area (Å²) >= 11 is 2.74. The van der Waals surface area contributed by atoms with E-state index in [-0.39, 0.29) is 5.91 Å². The van der Waals surface area contributed by atoms with Crippen molar-refractivity contribution in [2.45, 2.75) is 11.8 Å². The fraction of sp³-hybridized carbons (Fsp3) is 0.143. The number of hydrogen-bond donors (Lipinski definition) is 1. The summed E-state index contributed by atoms with van der Waals surface area (Å²) in [7, 11) is 3.25. The van der Waals surface area contributed by atoms with Gasteiger partial charge < -0.3 is 10.1 Å². The number of anilines is 1. The standard InChI is InChI=1S/C21H19N3O4S2/c1-13-10-14-11-15(21(25)22-19-8-9-24(2)23-19)12-18(20(14)29-13)27-16-4-6-17(7-5-16)30-28-26-3/h4-12H,1-3H3,(H,22,23,25). The van der Waals surface area contributed by atoms with E-state index in [0.717, 1.165) is 31.9 Å². The molecule has 154 valence electrons. The van der Waals surface area contributed by atoms with Gasteiger partial charge in [0.1, 0.15) is 11.5 Å². The second-order valence-corrected chi connectivity index (χ2v) is 8.50. The number of rotatable bonds is 7. The highest BCUT2D eigenvalue weighted by molar-refractivity contribution is 7.94. The number of aryl methyl sites for hydroxylation is 2. The SMILES string of the molecule is COOSc1ccc(Oc2cc(C(=O)Nc3ccn(C)n3)cc3cc(C)sc23)cc1. The van der Waals surface area contributed by atoms with Crippen molar-refractivity contribution in [2.24, 2.45) is 7.05 Å². The molecule has 4 rings (SSSR count). The fourth-order valence-electron chi connectivity index (χ4n) is 2.89. The number of fused-ring (bicyclic) bond motifs is 1. The van der Waals surface area contributed by atoms with Crippen LogP contribution in [0.25, 0.3) is 10.1 Å². The summed E-state index contributed by atoms with van der Waals surface area (Å²) in [6.07, 6.45) is 1.77. The Bertz CT molecular complexity index is 1180. The lowest BCUT2D eigenvalue weighted by Crippen LogP contribution is -2.12. The van der Waals surface area contributed by atoms with Gasteiger partial charge in [-0.1, -0.05) is 0 Å². The summed E-state index contributed by atoms with van der Waals surface area (Å²) in [4.78, 5) is 19.4. The molecule has 0 aliphatic rings. The van der Waals surface area contributed by atoms with Gasteiger partial charge >= 0.3 is 0 Å². The summed E-state index contributed by atoms with van der Waals surface area (Å²) < 4.78 is 13.6. The molecule has 2 aromatic heterocycles. The Balaban J connectivity index is 1.62. The van der Waals surface area contributed by atoms with Crippen LogP contribution in [0.4, 0.5) is 5.82 Å². The molecule has 0 saturated heterocycles. The molecule has 2 heterocycles. The van der Waals surface area contributed by atoms with Crippen LogP contribution in [0.2, 0.25) is 0 Å². The molecule has 30 heavy (non-hydrogen) atoms. The van der Waals surface area contributed by atoms with E-state index in [1.807, 2.05) is 43.3 Å². The van der Waals surface area contributed by atoms with Crippen molar-refractivity contribution >= 4 is 45.2 Å². The maximum atomic E-state index is 12.8. The van der Waals surface area contributed by atoms with Crippen LogP contribution in [0.15, 0.2) is 59.6 Å². The van der Waals surface area contributed by atoms with Gasteiger partial charge in [0.25, 0.3) is 5.91 Å². The molecule has 0 fully saturated rings. The van der Waals surface area contributed by atoms with Gasteiger partial charge in [0.2, 0.25) is 0 Å². The minimum absolute atomic E-state index is 0.243. The highest BCUT2D eigenvalue weighted by atomic mass is 32.2. The first-order valence-electron chi connectivity index (χ1n) is 9.02. The number of nitrogens with one attached hydrogen (secondary N) is 1. The lowest BCUT2D eigenvalue weighted by molar-refractivity contribution is -0.160. The zero-order chi connectivity index (χ0) is 21.1. The Morgan fingerprint density at radius 3 is 2.67 bits per heavy atom. The predicted octanol–water partition coefficient (Wildman–Crippen LogP) is 5.57. The molecular weight excluding hydrogens is 422 g/mol. The number of carbonyl (C=O) groups is 1. The first-order chi connectivity index (χ1) is 14.5. The van der Waals surface area contributed by atoms with Crippen molar-refractivity contribution in [1.29, 1.82) is 0 Å². The van der Waals surface area contributed by atoms with E-state index in [1.54, 1.807) is 41.4 Å². The maximum absolute atomic E-state index is 12.8. The average Bonchev–Trinajstić information content (AvgIpc) is 3.31. The van der Waals surface area contributed by atoms with E-state index in [2.05, 4.69) is 15.3 Å². The number of hydrogen-bond acceptors (Lipinski definition) is 7. The highest BCUT2D eigenvalue weighted by Gasteiger charge is 2.15. The fourth-order valence-corrected chi connectivity index (χ4v) is 4.23. The molecule has 0 aliphatic heterocycles. The molecule has 0 spiro atoms. The third-order valence-corrected chi connectivity index (χ3v) is 5.92. The van der Waals surface area contributed by atoms with Crippen molar-refractivity contribution in [1.82, 2.24) is 9.78 Å². The number of aromatic nitrogens is 2. The van der Waals surface area contributed by atoms with Gasteiger partial charge in [-0.25, -0.2) is 4.89 Å². The quantitative estimate of drug-likeness (QED) is 0.229. The third-order valence-electron chi connectivity index (χ3n) is 4.17. The Labute approximate surface area is 181 Å². The van der Waals surface area contributed by atoms with E-state index in [0.29, 0.717) is 22.9 Å². The summed E-state index contributed by atoms with van der Waals surface area (Å²) in [5.74, 6) is 1.54. The molecule has 9 heteroatoms. The van der Waals surface area contributed by atoms with Gasteiger partial charge in [-0.15, -0.1) is 11.3 Å². The Morgan fingerprint density at radius 1 is 1.17 bits per heavy atom. The molecule has 1 N–H and O–H groups in total. The lowest BCUT2D eigenvalue weighted by Gasteiger charge is -2.10. The monoisotopic (exact) mass is 441 g/mol.